The Kier molecular flexibility index (Phi) is 7.16. The van der Waals surface area contributed by atoms with Crippen molar-refractivity contribution in [2.24, 2.45) is 9.98 Å². The Hall–Kier alpha value is -3.61. The van der Waals surface area contributed by atoms with Crippen molar-refractivity contribution in [3.05, 3.63) is 95.0 Å². The lowest BCUT2D eigenvalue weighted by Crippen LogP contribution is -2.56. The number of ketones is 1. The van der Waals surface area contributed by atoms with E-state index in [9.17, 15) is 13.8 Å². The lowest BCUT2D eigenvalue weighted by Gasteiger charge is -2.44. The summed E-state index contributed by atoms with van der Waals surface area (Å²) >= 11 is 0. The van der Waals surface area contributed by atoms with Crippen LogP contribution in [0.25, 0.3) is 0 Å². The third-order valence-electron chi connectivity index (χ3n) is 8.72. The number of anilines is 1. The molecule has 1 unspecified atom stereocenters. The summed E-state index contributed by atoms with van der Waals surface area (Å²) in [6, 6.07) is 14.5. The molecule has 4 aliphatic rings. The molecule has 1 fully saturated rings. The molecule has 1 atom stereocenters. The first kappa shape index (κ1) is 27.6. The molecular weight excluding hydrogens is 536 g/mol. The van der Waals surface area contributed by atoms with Crippen LogP contribution in [0.2, 0.25) is 0 Å². The van der Waals surface area contributed by atoms with Crippen LogP contribution in [0.1, 0.15) is 25.3 Å². The Labute approximate surface area is 240 Å². The highest BCUT2D eigenvalue weighted by Crippen LogP contribution is 2.47. The number of carbonyl (C=O) groups excluding carboxylic acids is 1. The van der Waals surface area contributed by atoms with Gasteiger partial charge in [0.1, 0.15) is 24.3 Å². The van der Waals surface area contributed by atoms with Crippen LogP contribution >= 0.6 is 7.14 Å². The van der Waals surface area contributed by atoms with Gasteiger partial charge in [-0.3, -0.25) is 9.69 Å². The van der Waals surface area contributed by atoms with Gasteiger partial charge >= 0.3 is 0 Å². The monoisotopic (exact) mass is 571 g/mol. The molecule has 0 bridgehead atoms. The molecule has 3 heterocycles. The van der Waals surface area contributed by atoms with Crippen molar-refractivity contribution in [1.29, 1.82) is 0 Å². The Morgan fingerprint density at radius 3 is 2.61 bits per heavy atom. The number of nitrogens with zero attached hydrogens (tertiary/aromatic N) is 4. The van der Waals surface area contributed by atoms with Gasteiger partial charge in [-0.25, -0.2) is 9.38 Å². The number of hydrogen-bond donors (Lipinski definition) is 1. The van der Waals surface area contributed by atoms with E-state index in [-0.39, 0.29) is 18.0 Å². The molecule has 3 aliphatic heterocycles. The van der Waals surface area contributed by atoms with E-state index in [2.05, 4.69) is 27.4 Å². The van der Waals surface area contributed by atoms with Gasteiger partial charge in [0.15, 0.2) is 5.84 Å². The second kappa shape index (κ2) is 10.7. The molecule has 0 saturated carbocycles. The smallest absolute Gasteiger partial charge is 0.205 e. The lowest BCUT2D eigenvalue weighted by molar-refractivity contribution is -0.119. The summed E-state index contributed by atoms with van der Waals surface area (Å²) in [5.74, 6) is 1.02. The van der Waals surface area contributed by atoms with Gasteiger partial charge in [-0.05, 0) is 54.3 Å². The quantitative estimate of drug-likeness (QED) is 0.504. The fraction of sp³-hybridized carbons (Fsp3) is 0.344. The summed E-state index contributed by atoms with van der Waals surface area (Å²) in [4.78, 5) is 27.0. The van der Waals surface area contributed by atoms with Crippen molar-refractivity contribution < 1.29 is 13.8 Å². The van der Waals surface area contributed by atoms with Gasteiger partial charge in [-0.15, -0.1) is 0 Å². The van der Waals surface area contributed by atoms with Crippen molar-refractivity contribution >= 4 is 35.7 Å². The van der Waals surface area contributed by atoms with E-state index >= 15 is 0 Å². The number of carbonyl (C=O) groups is 1. The summed E-state index contributed by atoms with van der Waals surface area (Å²) in [5.41, 5.74) is 3.81. The number of likely N-dealkylation sites (N-methyl/N-ethyl adjacent to an activating group) is 1. The Morgan fingerprint density at radius 1 is 1.12 bits per heavy atom. The maximum Gasteiger partial charge on any atom is 0.205 e. The number of rotatable bonds is 5. The highest BCUT2D eigenvalue weighted by Gasteiger charge is 2.55. The molecule has 1 spiro atoms. The van der Waals surface area contributed by atoms with Crippen molar-refractivity contribution in [2.75, 3.05) is 44.3 Å². The SMILES string of the molecule is CC1=CN=C2N=C(Nc3ccc(F)cc3C)N(C)C23CC(=O)CC(/C=C\CN2CCP(=O)(c4ccccc4)CC2)=C13. The molecule has 6 rings (SSSR count). The number of Topliss-reactive ketones (excluding diaryl/α,β-unsaturated/α-hetero) is 1. The number of halogens is 1. The molecule has 1 aliphatic carbocycles. The summed E-state index contributed by atoms with van der Waals surface area (Å²) in [5, 5.41) is 4.33. The number of guanidine groups is 1. The first-order valence-corrected chi connectivity index (χ1v) is 16.2. The molecule has 7 nitrogen and oxygen atoms in total. The van der Waals surface area contributed by atoms with Gasteiger partial charge in [0, 0.05) is 69.0 Å². The van der Waals surface area contributed by atoms with E-state index in [4.69, 9.17) is 4.99 Å². The summed E-state index contributed by atoms with van der Waals surface area (Å²) in [7, 11) is -0.403. The van der Waals surface area contributed by atoms with Crippen molar-refractivity contribution in [3.8, 4) is 0 Å². The zero-order valence-corrected chi connectivity index (χ0v) is 24.6. The molecule has 41 heavy (non-hydrogen) atoms. The fourth-order valence-corrected chi connectivity index (χ4v) is 9.14. The highest BCUT2D eigenvalue weighted by atomic mass is 31.2. The zero-order chi connectivity index (χ0) is 28.8. The third-order valence-corrected chi connectivity index (χ3v) is 11.8. The number of hydrogen-bond acceptors (Lipinski definition) is 7. The molecule has 0 radical (unpaired) electrons. The van der Waals surface area contributed by atoms with Crippen LogP contribution < -0.4 is 10.6 Å². The average Bonchev–Trinajstić information content (AvgIpc) is 3.21. The minimum Gasteiger partial charge on any atom is -0.328 e. The molecule has 2 aromatic rings. The van der Waals surface area contributed by atoms with Crippen LogP contribution in [0.3, 0.4) is 0 Å². The average molecular weight is 572 g/mol. The molecule has 212 valence electrons. The minimum atomic E-state index is -2.34. The number of aliphatic imine (C=N–C) groups is 2. The zero-order valence-electron chi connectivity index (χ0n) is 23.7. The summed E-state index contributed by atoms with van der Waals surface area (Å²) < 4.78 is 27.2. The van der Waals surface area contributed by atoms with Crippen molar-refractivity contribution in [2.45, 2.75) is 32.2 Å². The Bertz CT molecular complexity index is 1600. The molecule has 1 saturated heterocycles. The number of nitrogens with one attached hydrogen (secondary N) is 1. The number of aryl methyl sites for hydroxylation is 1. The van der Waals surface area contributed by atoms with Crippen LogP contribution in [0.5, 0.6) is 0 Å². The minimum absolute atomic E-state index is 0.138. The lowest BCUT2D eigenvalue weighted by atomic mass is 9.71. The molecule has 1 N–H and O–H groups in total. The van der Waals surface area contributed by atoms with E-state index < -0.39 is 12.7 Å². The van der Waals surface area contributed by atoms with E-state index in [1.54, 1.807) is 6.07 Å². The molecule has 2 aromatic carbocycles. The van der Waals surface area contributed by atoms with E-state index in [1.165, 1.54) is 12.1 Å². The van der Waals surface area contributed by atoms with Gasteiger partial charge in [0.25, 0.3) is 0 Å². The molecule has 0 amide bonds. The number of allylic oxidation sites excluding steroid dienone is 2. The van der Waals surface area contributed by atoms with E-state index in [0.717, 1.165) is 52.9 Å². The second-order valence-corrected chi connectivity index (χ2v) is 14.6. The third kappa shape index (κ3) is 4.93. The van der Waals surface area contributed by atoms with E-state index in [0.29, 0.717) is 30.5 Å². The van der Waals surface area contributed by atoms with Crippen LogP contribution in [0.15, 0.2) is 93.6 Å². The van der Waals surface area contributed by atoms with Gasteiger partial charge in [-0.2, -0.15) is 4.99 Å². The molecular formula is C32H35FN5O2P. The standard InChI is InChI=1S/C32H35FN5O2P/c1-22-18-25(33)11-12-28(22)35-31-36-30-32(37(31)3)20-26(39)19-24(29(32)23(2)21-34-30)8-7-13-38-14-16-41(40,17-15-38)27-9-5-4-6-10-27/h4-12,18,21H,13-17,19-20H2,1-3H3,(H,34,35,36)/b8-7-. The van der Waals surface area contributed by atoms with Gasteiger partial charge in [0.05, 0.1) is 0 Å². The fourth-order valence-electron chi connectivity index (χ4n) is 6.47. The second-order valence-electron chi connectivity index (χ2n) is 11.4. The van der Waals surface area contributed by atoms with E-state index in [1.807, 2.05) is 62.3 Å². The first-order chi connectivity index (χ1) is 19.7. The largest absolute Gasteiger partial charge is 0.328 e. The molecule has 0 aromatic heterocycles. The van der Waals surface area contributed by atoms with Crippen LogP contribution in [0.4, 0.5) is 10.1 Å². The Morgan fingerprint density at radius 2 is 1.88 bits per heavy atom. The predicted molar refractivity (Wildman–Crippen MR) is 164 cm³/mol. The van der Waals surface area contributed by atoms with Crippen LogP contribution in [0, 0.1) is 12.7 Å². The molecule has 9 heteroatoms. The topological polar surface area (TPSA) is 77.4 Å². The van der Waals surface area contributed by atoms with Crippen molar-refractivity contribution in [1.82, 2.24) is 9.80 Å². The summed E-state index contributed by atoms with van der Waals surface area (Å²) in [6.07, 6.45) is 8.08. The van der Waals surface area contributed by atoms with Gasteiger partial charge in [0.2, 0.25) is 5.96 Å². The highest BCUT2D eigenvalue weighted by molar-refractivity contribution is 7.71. The summed E-state index contributed by atoms with van der Waals surface area (Å²) in [6.45, 7) is 6.19. The van der Waals surface area contributed by atoms with Gasteiger partial charge < -0.3 is 14.8 Å². The maximum absolute atomic E-state index is 13.7. The first-order valence-electron chi connectivity index (χ1n) is 14.1. The normalized spacial score (nSPS) is 24.1. The van der Waals surface area contributed by atoms with Crippen LogP contribution in [-0.4, -0.2) is 71.9 Å². The Balaban J connectivity index is 1.22. The predicted octanol–water partition coefficient (Wildman–Crippen LogP) is 5.12. The van der Waals surface area contributed by atoms with Crippen LogP contribution in [-0.2, 0) is 9.36 Å². The van der Waals surface area contributed by atoms with Crippen molar-refractivity contribution in [3.63, 3.8) is 0 Å². The van der Waals surface area contributed by atoms with Gasteiger partial charge in [-0.1, -0.05) is 42.5 Å². The maximum atomic E-state index is 13.7. The number of amidine groups is 1. The number of benzene rings is 2.